The first-order valence-electron chi connectivity index (χ1n) is 8.67. The van der Waals surface area contributed by atoms with Crippen LogP contribution in [0.2, 0.25) is 0 Å². The van der Waals surface area contributed by atoms with Crippen LogP contribution in [-0.4, -0.2) is 30.0 Å². The number of rotatable bonds is 4. The van der Waals surface area contributed by atoms with Gasteiger partial charge in [-0.25, -0.2) is 19.7 Å². The summed E-state index contributed by atoms with van der Waals surface area (Å²) in [6, 6.07) is 6.95. The van der Waals surface area contributed by atoms with Gasteiger partial charge in [-0.15, -0.1) is 0 Å². The Morgan fingerprint density at radius 3 is 2.54 bits per heavy atom. The summed E-state index contributed by atoms with van der Waals surface area (Å²) in [5.41, 5.74) is 3.31. The van der Waals surface area contributed by atoms with Crippen molar-refractivity contribution in [3.8, 4) is 5.95 Å². The third-order valence-corrected chi connectivity index (χ3v) is 4.51. The van der Waals surface area contributed by atoms with Crippen molar-refractivity contribution in [2.75, 3.05) is 5.32 Å². The Bertz CT molecular complexity index is 1230. The molecule has 1 aromatic carbocycles. The van der Waals surface area contributed by atoms with Gasteiger partial charge in [0.2, 0.25) is 11.9 Å². The predicted molar refractivity (Wildman–Crippen MR) is 102 cm³/mol. The van der Waals surface area contributed by atoms with E-state index in [9.17, 15) is 9.59 Å². The van der Waals surface area contributed by atoms with Crippen molar-refractivity contribution in [2.24, 2.45) is 0 Å². The van der Waals surface area contributed by atoms with E-state index in [1.54, 1.807) is 24.3 Å². The van der Waals surface area contributed by atoms with Crippen LogP contribution in [0.3, 0.4) is 0 Å². The fraction of sp³-hybridized carbons (Fsp3) is 0.211. The van der Waals surface area contributed by atoms with E-state index in [0.29, 0.717) is 22.7 Å². The van der Waals surface area contributed by atoms with E-state index in [4.69, 9.17) is 4.42 Å². The van der Waals surface area contributed by atoms with Crippen molar-refractivity contribution in [2.45, 2.75) is 27.3 Å². The van der Waals surface area contributed by atoms with Crippen molar-refractivity contribution in [1.29, 1.82) is 0 Å². The molecule has 1 N–H and O–H groups in total. The monoisotopic (exact) mass is 378 g/mol. The van der Waals surface area contributed by atoms with E-state index in [-0.39, 0.29) is 12.5 Å². The number of hydrogen-bond acceptors (Lipinski definition) is 6. The number of nitrogens with zero attached hydrogens (tertiary/aromatic N) is 5. The molecule has 0 unspecified atom stereocenters. The Balaban J connectivity index is 1.52. The number of amides is 1. The fourth-order valence-corrected chi connectivity index (χ4v) is 3.08. The zero-order chi connectivity index (χ0) is 19.8. The number of para-hydroxylation sites is 2. The number of imidazole rings is 1. The van der Waals surface area contributed by atoms with Gasteiger partial charge in [0.05, 0.1) is 29.3 Å². The van der Waals surface area contributed by atoms with E-state index in [1.165, 1.54) is 17.0 Å². The number of anilines is 1. The Morgan fingerprint density at radius 1 is 1.14 bits per heavy atom. The van der Waals surface area contributed by atoms with Crippen LogP contribution in [-0.2, 0) is 11.3 Å². The molecule has 9 heteroatoms. The van der Waals surface area contributed by atoms with Gasteiger partial charge >= 0.3 is 5.76 Å². The van der Waals surface area contributed by atoms with E-state index >= 15 is 0 Å². The molecule has 0 atom stereocenters. The Morgan fingerprint density at radius 2 is 1.86 bits per heavy atom. The van der Waals surface area contributed by atoms with Crippen LogP contribution in [0.15, 0.2) is 45.9 Å². The van der Waals surface area contributed by atoms with Gasteiger partial charge in [0.25, 0.3) is 0 Å². The zero-order valence-corrected chi connectivity index (χ0v) is 15.6. The highest BCUT2D eigenvalue weighted by Crippen LogP contribution is 2.15. The SMILES string of the molecule is Cc1nc(C)n(-c2ncc(NC(=O)Cn3c(=O)oc4ccccc43)cn2)c1C. The quantitative estimate of drug-likeness (QED) is 0.583. The molecule has 28 heavy (non-hydrogen) atoms. The van der Waals surface area contributed by atoms with Crippen molar-refractivity contribution >= 4 is 22.7 Å². The first-order valence-corrected chi connectivity index (χ1v) is 8.67. The molecule has 4 aromatic rings. The third-order valence-electron chi connectivity index (χ3n) is 4.51. The maximum absolute atomic E-state index is 12.4. The Hall–Kier alpha value is -3.75. The van der Waals surface area contributed by atoms with Gasteiger partial charge in [0.15, 0.2) is 5.58 Å². The average Bonchev–Trinajstić information content (AvgIpc) is 3.11. The number of fused-ring (bicyclic) bond motifs is 1. The lowest BCUT2D eigenvalue weighted by atomic mass is 10.3. The summed E-state index contributed by atoms with van der Waals surface area (Å²) in [5, 5.41) is 2.70. The minimum Gasteiger partial charge on any atom is -0.408 e. The lowest BCUT2D eigenvalue weighted by molar-refractivity contribution is -0.116. The molecule has 3 aromatic heterocycles. The minimum absolute atomic E-state index is 0.170. The number of carbonyl (C=O) groups is 1. The first-order chi connectivity index (χ1) is 13.4. The minimum atomic E-state index is -0.579. The molecule has 4 rings (SSSR count). The molecule has 0 aliphatic heterocycles. The van der Waals surface area contributed by atoms with Gasteiger partial charge in [0, 0.05) is 5.69 Å². The number of carbonyl (C=O) groups excluding carboxylic acids is 1. The average molecular weight is 378 g/mol. The first kappa shape index (κ1) is 17.7. The summed E-state index contributed by atoms with van der Waals surface area (Å²) in [7, 11) is 0. The summed E-state index contributed by atoms with van der Waals surface area (Å²) >= 11 is 0. The zero-order valence-electron chi connectivity index (χ0n) is 15.6. The lowest BCUT2D eigenvalue weighted by Crippen LogP contribution is -2.25. The summed E-state index contributed by atoms with van der Waals surface area (Å²) in [6.45, 7) is 5.58. The van der Waals surface area contributed by atoms with Crippen molar-refractivity contribution in [3.05, 3.63) is 64.4 Å². The second kappa shape index (κ2) is 6.76. The molecular formula is C19H18N6O3. The molecule has 1 amide bonds. The van der Waals surface area contributed by atoms with E-state index in [0.717, 1.165) is 17.2 Å². The summed E-state index contributed by atoms with van der Waals surface area (Å²) < 4.78 is 8.26. The van der Waals surface area contributed by atoms with E-state index < -0.39 is 5.76 Å². The number of nitrogens with one attached hydrogen (secondary N) is 1. The van der Waals surface area contributed by atoms with Gasteiger partial charge in [-0.1, -0.05) is 12.1 Å². The number of oxazole rings is 1. The third kappa shape index (κ3) is 3.07. The van der Waals surface area contributed by atoms with Gasteiger partial charge < -0.3 is 9.73 Å². The fourth-order valence-electron chi connectivity index (χ4n) is 3.08. The Kier molecular flexibility index (Phi) is 4.26. The van der Waals surface area contributed by atoms with Crippen LogP contribution in [0.25, 0.3) is 17.0 Å². The number of aryl methyl sites for hydroxylation is 2. The van der Waals surface area contributed by atoms with Crippen LogP contribution in [0.1, 0.15) is 17.2 Å². The molecule has 0 aliphatic carbocycles. The van der Waals surface area contributed by atoms with Gasteiger partial charge in [0.1, 0.15) is 12.4 Å². The molecular weight excluding hydrogens is 360 g/mol. The predicted octanol–water partition coefficient (Wildman–Crippen LogP) is 2.13. The van der Waals surface area contributed by atoms with E-state index in [2.05, 4.69) is 20.3 Å². The molecule has 3 heterocycles. The van der Waals surface area contributed by atoms with Crippen LogP contribution in [0, 0.1) is 20.8 Å². The van der Waals surface area contributed by atoms with Crippen LogP contribution in [0.5, 0.6) is 0 Å². The molecule has 0 saturated heterocycles. The number of aromatic nitrogens is 5. The summed E-state index contributed by atoms with van der Waals surface area (Å²) in [4.78, 5) is 37.4. The maximum atomic E-state index is 12.4. The van der Waals surface area contributed by atoms with Crippen LogP contribution < -0.4 is 11.1 Å². The van der Waals surface area contributed by atoms with Gasteiger partial charge in [-0.05, 0) is 32.9 Å². The second-order valence-corrected chi connectivity index (χ2v) is 6.41. The largest absolute Gasteiger partial charge is 0.420 e. The number of hydrogen-bond donors (Lipinski definition) is 1. The summed E-state index contributed by atoms with van der Waals surface area (Å²) in [6.07, 6.45) is 3.04. The maximum Gasteiger partial charge on any atom is 0.420 e. The summed E-state index contributed by atoms with van der Waals surface area (Å²) in [5.74, 6) is 0.309. The van der Waals surface area contributed by atoms with Crippen molar-refractivity contribution in [3.63, 3.8) is 0 Å². The van der Waals surface area contributed by atoms with E-state index in [1.807, 2.05) is 25.3 Å². The molecule has 0 bridgehead atoms. The van der Waals surface area contributed by atoms with Crippen LogP contribution in [0.4, 0.5) is 5.69 Å². The topological polar surface area (TPSA) is 108 Å². The molecule has 0 saturated carbocycles. The van der Waals surface area contributed by atoms with Crippen molar-refractivity contribution in [1.82, 2.24) is 24.1 Å². The smallest absolute Gasteiger partial charge is 0.408 e. The molecule has 142 valence electrons. The standard InChI is InChI=1S/C19H18N6O3/c1-11-12(2)25(13(3)22-11)18-20-8-14(9-21-18)23-17(26)10-24-15-6-4-5-7-16(15)28-19(24)27/h4-9H,10H2,1-3H3,(H,23,26). The van der Waals surface area contributed by atoms with Gasteiger partial charge in [-0.3, -0.25) is 13.9 Å². The van der Waals surface area contributed by atoms with Crippen molar-refractivity contribution < 1.29 is 9.21 Å². The molecule has 0 radical (unpaired) electrons. The molecule has 0 fully saturated rings. The molecule has 0 spiro atoms. The number of benzene rings is 1. The second-order valence-electron chi connectivity index (χ2n) is 6.41. The highest BCUT2D eigenvalue weighted by molar-refractivity contribution is 5.91. The van der Waals surface area contributed by atoms with Gasteiger partial charge in [-0.2, -0.15) is 0 Å². The lowest BCUT2D eigenvalue weighted by Gasteiger charge is -2.08. The highest BCUT2D eigenvalue weighted by Gasteiger charge is 2.14. The molecule has 0 aliphatic rings. The molecule has 9 nitrogen and oxygen atoms in total. The normalized spacial score (nSPS) is 11.1. The Labute approximate surface area is 159 Å². The highest BCUT2D eigenvalue weighted by atomic mass is 16.4. The van der Waals surface area contributed by atoms with Crippen LogP contribution >= 0.6 is 0 Å².